The molecule has 2 amide bonds. The molecule has 186 valence electrons. The number of para-hydroxylation sites is 1. The third kappa shape index (κ3) is 4.30. The summed E-state index contributed by atoms with van der Waals surface area (Å²) in [6.45, 7) is 0. The van der Waals surface area contributed by atoms with Crippen molar-refractivity contribution in [2.45, 2.75) is 12.1 Å². The summed E-state index contributed by atoms with van der Waals surface area (Å²) in [4.78, 5) is 55.1. The molecule has 2 aliphatic heterocycles. The van der Waals surface area contributed by atoms with E-state index in [0.717, 1.165) is 4.90 Å². The van der Waals surface area contributed by atoms with Crippen molar-refractivity contribution in [2.75, 3.05) is 9.96 Å². The summed E-state index contributed by atoms with van der Waals surface area (Å²) in [5.74, 6) is -2.15. The van der Waals surface area contributed by atoms with Crippen molar-refractivity contribution in [3.05, 3.63) is 110 Å². The zero-order chi connectivity index (χ0) is 26.3. The van der Waals surface area contributed by atoms with E-state index in [1.165, 1.54) is 41.5 Å². The molecule has 0 aliphatic carbocycles. The molecule has 5 rings (SSSR count). The average Bonchev–Trinajstić information content (AvgIpc) is 3.38. The van der Waals surface area contributed by atoms with Crippen molar-refractivity contribution in [3.63, 3.8) is 0 Å². The number of nitro groups is 2. The monoisotopic (exact) mass is 520 g/mol. The Hall–Kier alpha value is -4.61. The molecule has 0 aromatic heterocycles. The lowest BCUT2D eigenvalue weighted by Gasteiger charge is -2.26. The number of carbonyl (C=O) groups excluding carboxylic acids is 2. The van der Waals surface area contributed by atoms with E-state index in [-0.39, 0.29) is 17.1 Å². The number of non-ortho nitro benzene ring substituents is 1. The lowest BCUT2D eigenvalue weighted by molar-refractivity contribution is -0.385. The van der Waals surface area contributed by atoms with Crippen molar-refractivity contribution in [3.8, 4) is 0 Å². The SMILES string of the molecule is O=C1[C@@H]2[C@@H](ON(c3ccc(Cl)cc3)[C@H]2/C=C/c2ccccc2[N+](=O)[O-])C(=O)N1c1ccc([N+](=O)[O-])cc1. The summed E-state index contributed by atoms with van der Waals surface area (Å²) in [7, 11) is 0. The lowest BCUT2D eigenvalue weighted by Crippen LogP contribution is -2.39. The Balaban J connectivity index is 1.53. The highest BCUT2D eigenvalue weighted by atomic mass is 35.5. The van der Waals surface area contributed by atoms with E-state index in [2.05, 4.69) is 0 Å². The Morgan fingerprint density at radius 3 is 2.14 bits per heavy atom. The maximum Gasteiger partial charge on any atom is 0.276 e. The molecule has 3 aromatic rings. The molecule has 0 unspecified atom stereocenters. The number of amides is 2. The number of hydroxylamine groups is 1. The van der Waals surface area contributed by atoms with Crippen LogP contribution < -0.4 is 9.96 Å². The Morgan fingerprint density at radius 2 is 1.49 bits per heavy atom. The van der Waals surface area contributed by atoms with Gasteiger partial charge in [-0.15, -0.1) is 0 Å². The number of nitro benzene ring substituents is 2. The number of carbonyl (C=O) groups is 2. The highest BCUT2D eigenvalue weighted by molar-refractivity contribution is 6.30. The second-order valence-corrected chi connectivity index (χ2v) is 8.74. The fraction of sp³-hybridized carbons (Fsp3) is 0.120. The summed E-state index contributed by atoms with van der Waals surface area (Å²) < 4.78 is 0. The standard InChI is InChI=1S/C25H17ClN4O7/c26-16-6-8-18(9-7-16)28-21(14-5-15-3-1-2-4-20(15)30(35)36)22-23(37-28)25(32)27(24(22)31)17-10-12-19(13-11-17)29(33)34/h1-14,21-23H/b14-5+/t21-,22-,23+/m0/s1. The van der Waals surface area contributed by atoms with Gasteiger partial charge in [0.1, 0.15) is 5.92 Å². The van der Waals surface area contributed by atoms with Crippen LogP contribution in [-0.2, 0) is 14.4 Å². The van der Waals surface area contributed by atoms with Crippen LogP contribution in [0.1, 0.15) is 5.56 Å². The van der Waals surface area contributed by atoms with Gasteiger partial charge in [-0.2, -0.15) is 0 Å². The highest BCUT2D eigenvalue weighted by Gasteiger charge is 2.59. The molecule has 2 heterocycles. The summed E-state index contributed by atoms with van der Waals surface area (Å²) >= 11 is 6.01. The highest BCUT2D eigenvalue weighted by Crippen LogP contribution is 2.41. The molecule has 12 heteroatoms. The van der Waals surface area contributed by atoms with Crippen LogP contribution in [0.15, 0.2) is 78.9 Å². The lowest BCUT2D eigenvalue weighted by atomic mass is 9.95. The molecule has 0 radical (unpaired) electrons. The van der Waals surface area contributed by atoms with Crippen molar-refractivity contribution >= 4 is 52.2 Å². The van der Waals surface area contributed by atoms with Crippen LogP contribution in [0.5, 0.6) is 0 Å². The van der Waals surface area contributed by atoms with E-state index < -0.39 is 39.7 Å². The van der Waals surface area contributed by atoms with Gasteiger partial charge in [-0.3, -0.25) is 34.7 Å². The van der Waals surface area contributed by atoms with Crippen LogP contribution >= 0.6 is 11.6 Å². The van der Waals surface area contributed by atoms with Crippen LogP contribution in [0.2, 0.25) is 5.02 Å². The van der Waals surface area contributed by atoms with Gasteiger partial charge in [0.25, 0.3) is 17.3 Å². The fourth-order valence-electron chi connectivity index (χ4n) is 4.44. The van der Waals surface area contributed by atoms with Gasteiger partial charge in [0, 0.05) is 23.2 Å². The molecule has 3 aromatic carbocycles. The number of halogens is 1. The van der Waals surface area contributed by atoms with Crippen molar-refractivity contribution < 1.29 is 24.3 Å². The number of nitrogens with zero attached hydrogens (tertiary/aromatic N) is 4. The molecule has 2 aliphatic rings. The first-order valence-electron chi connectivity index (χ1n) is 11.0. The Morgan fingerprint density at radius 1 is 0.838 bits per heavy atom. The van der Waals surface area contributed by atoms with Crippen molar-refractivity contribution in [1.82, 2.24) is 0 Å². The summed E-state index contributed by atoms with van der Waals surface area (Å²) in [5.41, 5.74) is 0.722. The zero-order valence-corrected chi connectivity index (χ0v) is 19.6. The van der Waals surface area contributed by atoms with Gasteiger partial charge in [-0.05, 0) is 48.5 Å². The zero-order valence-electron chi connectivity index (χ0n) is 18.8. The van der Waals surface area contributed by atoms with Crippen molar-refractivity contribution in [1.29, 1.82) is 0 Å². The van der Waals surface area contributed by atoms with E-state index in [1.807, 2.05) is 0 Å². The molecule has 37 heavy (non-hydrogen) atoms. The number of rotatable bonds is 6. The molecule has 0 spiro atoms. The smallest absolute Gasteiger partial charge is 0.273 e. The minimum absolute atomic E-state index is 0.117. The predicted molar refractivity (Wildman–Crippen MR) is 134 cm³/mol. The van der Waals surface area contributed by atoms with Crippen LogP contribution in [0.25, 0.3) is 6.08 Å². The summed E-state index contributed by atoms with van der Waals surface area (Å²) in [5, 5.41) is 24.3. The van der Waals surface area contributed by atoms with E-state index in [0.29, 0.717) is 16.3 Å². The van der Waals surface area contributed by atoms with E-state index >= 15 is 0 Å². The first-order chi connectivity index (χ1) is 17.8. The molecule has 2 fully saturated rings. The third-order valence-corrected chi connectivity index (χ3v) is 6.42. The quantitative estimate of drug-likeness (QED) is 0.262. The second-order valence-electron chi connectivity index (χ2n) is 8.31. The van der Waals surface area contributed by atoms with E-state index in [9.17, 15) is 29.8 Å². The summed E-state index contributed by atoms with van der Waals surface area (Å²) in [6, 6.07) is 17.0. The Labute approximate surface area is 214 Å². The molecular weight excluding hydrogens is 504 g/mol. The maximum atomic E-state index is 13.5. The Kier molecular flexibility index (Phi) is 6.15. The van der Waals surface area contributed by atoms with Crippen LogP contribution in [-0.4, -0.2) is 33.8 Å². The van der Waals surface area contributed by atoms with Gasteiger partial charge in [0.2, 0.25) is 5.91 Å². The van der Waals surface area contributed by atoms with Crippen LogP contribution in [0.3, 0.4) is 0 Å². The minimum atomic E-state index is -1.17. The normalized spacial score (nSPS) is 21.1. The van der Waals surface area contributed by atoms with Gasteiger partial charge in [0.05, 0.1) is 32.8 Å². The number of anilines is 2. The summed E-state index contributed by atoms with van der Waals surface area (Å²) in [6.07, 6.45) is 1.94. The molecular formula is C25H17ClN4O7. The number of fused-ring (bicyclic) bond motifs is 1. The van der Waals surface area contributed by atoms with Crippen LogP contribution in [0.4, 0.5) is 22.7 Å². The molecule has 3 atom stereocenters. The first kappa shape index (κ1) is 24.1. The molecule has 11 nitrogen and oxygen atoms in total. The average molecular weight is 521 g/mol. The largest absolute Gasteiger partial charge is 0.276 e. The van der Waals surface area contributed by atoms with Gasteiger partial charge in [-0.1, -0.05) is 29.8 Å². The molecule has 2 saturated heterocycles. The number of benzene rings is 3. The fourth-order valence-corrected chi connectivity index (χ4v) is 4.56. The van der Waals surface area contributed by atoms with Gasteiger partial charge in [0.15, 0.2) is 6.10 Å². The van der Waals surface area contributed by atoms with Gasteiger partial charge in [-0.25, -0.2) is 9.96 Å². The van der Waals surface area contributed by atoms with E-state index in [1.54, 1.807) is 48.5 Å². The van der Waals surface area contributed by atoms with E-state index in [4.69, 9.17) is 16.4 Å². The maximum absolute atomic E-state index is 13.5. The number of hydrogen-bond acceptors (Lipinski definition) is 8. The molecule has 0 N–H and O–H groups in total. The topological polar surface area (TPSA) is 136 Å². The van der Waals surface area contributed by atoms with Crippen molar-refractivity contribution in [2.24, 2.45) is 5.92 Å². The number of imide groups is 1. The van der Waals surface area contributed by atoms with Gasteiger partial charge >= 0.3 is 0 Å². The third-order valence-electron chi connectivity index (χ3n) is 6.17. The van der Waals surface area contributed by atoms with Gasteiger partial charge < -0.3 is 0 Å². The Bertz CT molecular complexity index is 1440. The predicted octanol–water partition coefficient (Wildman–Crippen LogP) is 4.55. The minimum Gasteiger partial charge on any atom is -0.273 e. The molecule has 0 saturated carbocycles. The number of hydrogen-bond donors (Lipinski definition) is 0. The second kappa shape index (κ2) is 9.45. The van der Waals surface area contributed by atoms with Crippen LogP contribution in [0, 0.1) is 26.1 Å². The molecule has 0 bridgehead atoms. The first-order valence-corrected chi connectivity index (χ1v) is 11.4.